The number of hydrogen-bond acceptors (Lipinski definition) is 3. The molecule has 112 valence electrons. The topological polar surface area (TPSA) is 46.6 Å². The second kappa shape index (κ2) is 7.62. The Morgan fingerprint density at radius 2 is 2.10 bits per heavy atom. The van der Waals surface area contributed by atoms with Gasteiger partial charge in [0.2, 0.25) is 5.91 Å². The molecule has 0 aromatic heterocycles. The molecule has 0 unspecified atom stereocenters. The highest BCUT2D eigenvalue weighted by atomic mass is 16.5. The Bertz CT molecular complexity index is 510. The molecule has 1 aliphatic heterocycles. The predicted octanol–water partition coefficient (Wildman–Crippen LogP) is 2.50. The van der Waals surface area contributed by atoms with Gasteiger partial charge in [-0.1, -0.05) is 30.3 Å². The van der Waals surface area contributed by atoms with Gasteiger partial charge in [0.25, 0.3) is 0 Å². The Hall–Kier alpha value is -2.10. The number of likely N-dealkylation sites (tertiary alicyclic amines) is 1. The normalized spacial score (nSPS) is 18.7. The third-order valence-corrected chi connectivity index (χ3v) is 3.57. The maximum absolute atomic E-state index is 12.2. The van der Waals surface area contributed by atoms with E-state index >= 15 is 0 Å². The first-order chi connectivity index (χ1) is 10.2. The standard InChI is InChI=1S/C17H21NO3/c1-2-21-17(20)15-9-6-12-18(13-15)16(19)11-10-14-7-4-3-5-8-14/h3-5,7-8,10-11,15H,2,6,9,12-13H2,1H3/b11-10-/t15-/m0/s1. The fraction of sp³-hybridized carbons (Fsp3) is 0.412. The molecule has 4 heteroatoms. The molecule has 1 aromatic carbocycles. The van der Waals surface area contributed by atoms with Crippen LogP contribution in [-0.2, 0) is 14.3 Å². The van der Waals surface area contributed by atoms with E-state index in [4.69, 9.17) is 4.74 Å². The number of esters is 1. The number of piperidine rings is 1. The van der Waals surface area contributed by atoms with E-state index in [2.05, 4.69) is 0 Å². The molecule has 0 saturated carbocycles. The molecule has 1 atom stereocenters. The average molecular weight is 287 g/mol. The van der Waals surface area contributed by atoms with Gasteiger partial charge in [-0.25, -0.2) is 0 Å². The SMILES string of the molecule is CCOC(=O)[C@H]1CCCN(C(=O)/C=C\c2ccccc2)C1. The average Bonchev–Trinajstić information content (AvgIpc) is 2.54. The van der Waals surface area contributed by atoms with Crippen LogP contribution in [0, 0.1) is 5.92 Å². The Morgan fingerprint density at radius 1 is 1.33 bits per heavy atom. The molecule has 1 amide bonds. The van der Waals surface area contributed by atoms with Gasteiger partial charge < -0.3 is 9.64 Å². The van der Waals surface area contributed by atoms with Crippen LogP contribution in [0.5, 0.6) is 0 Å². The minimum atomic E-state index is -0.193. The van der Waals surface area contributed by atoms with Crippen molar-refractivity contribution in [1.29, 1.82) is 0 Å². The number of benzene rings is 1. The summed E-state index contributed by atoms with van der Waals surface area (Å²) in [4.78, 5) is 25.7. The first-order valence-corrected chi connectivity index (χ1v) is 7.39. The van der Waals surface area contributed by atoms with E-state index in [1.165, 1.54) is 0 Å². The van der Waals surface area contributed by atoms with Crippen LogP contribution in [0.4, 0.5) is 0 Å². The Morgan fingerprint density at radius 3 is 2.81 bits per heavy atom. The summed E-state index contributed by atoms with van der Waals surface area (Å²) in [6.45, 7) is 3.34. The Labute approximate surface area is 125 Å². The van der Waals surface area contributed by atoms with Gasteiger partial charge in [0.1, 0.15) is 0 Å². The van der Waals surface area contributed by atoms with Gasteiger partial charge >= 0.3 is 5.97 Å². The zero-order valence-corrected chi connectivity index (χ0v) is 12.3. The van der Waals surface area contributed by atoms with Gasteiger partial charge in [-0.2, -0.15) is 0 Å². The largest absolute Gasteiger partial charge is 0.466 e. The van der Waals surface area contributed by atoms with Crippen molar-refractivity contribution in [3.05, 3.63) is 42.0 Å². The van der Waals surface area contributed by atoms with Gasteiger partial charge in [-0.15, -0.1) is 0 Å². The number of rotatable bonds is 4. The summed E-state index contributed by atoms with van der Waals surface area (Å²) in [7, 11) is 0. The lowest BCUT2D eigenvalue weighted by molar-refractivity contribution is -0.150. The molecule has 1 heterocycles. The number of carbonyl (C=O) groups is 2. The minimum Gasteiger partial charge on any atom is -0.466 e. The van der Waals surface area contributed by atoms with E-state index in [1.807, 2.05) is 30.3 Å². The van der Waals surface area contributed by atoms with E-state index in [9.17, 15) is 9.59 Å². The molecular formula is C17H21NO3. The van der Waals surface area contributed by atoms with Gasteiger partial charge in [0.15, 0.2) is 0 Å². The van der Waals surface area contributed by atoms with Crippen LogP contribution in [0.25, 0.3) is 6.08 Å². The van der Waals surface area contributed by atoms with Gasteiger partial charge in [-0.3, -0.25) is 9.59 Å². The molecule has 21 heavy (non-hydrogen) atoms. The quantitative estimate of drug-likeness (QED) is 0.631. The monoisotopic (exact) mass is 287 g/mol. The molecule has 0 radical (unpaired) electrons. The third kappa shape index (κ3) is 4.45. The van der Waals surface area contributed by atoms with Crippen LogP contribution < -0.4 is 0 Å². The van der Waals surface area contributed by atoms with Crippen LogP contribution in [0.15, 0.2) is 36.4 Å². The molecule has 1 aliphatic rings. The van der Waals surface area contributed by atoms with Crippen molar-refractivity contribution in [3.63, 3.8) is 0 Å². The fourth-order valence-corrected chi connectivity index (χ4v) is 2.47. The zero-order chi connectivity index (χ0) is 15.1. The van der Waals surface area contributed by atoms with E-state index < -0.39 is 0 Å². The van der Waals surface area contributed by atoms with Crippen molar-refractivity contribution in [2.45, 2.75) is 19.8 Å². The zero-order valence-electron chi connectivity index (χ0n) is 12.3. The molecule has 2 rings (SSSR count). The number of carbonyl (C=O) groups excluding carboxylic acids is 2. The molecule has 0 bridgehead atoms. The maximum Gasteiger partial charge on any atom is 0.310 e. The minimum absolute atomic E-state index is 0.0483. The molecule has 0 N–H and O–H groups in total. The number of hydrogen-bond donors (Lipinski definition) is 0. The van der Waals surface area contributed by atoms with Crippen LogP contribution in [0.3, 0.4) is 0 Å². The smallest absolute Gasteiger partial charge is 0.310 e. The third-order valence-electron chi connectivity index (χ3n) is 3.57. The van der Waals surface area contributed by atoms with Crippen molar-refractivity contribution in [1.82, 2.24) is 4.90 Å². The van der Waals surface area contributed by atoms with Crippen LogP contribution >= 0.6 is 0 Å². The van der Waals surface area contributed by atoms with E-state index in [1.54, 1.807) is 24.0 Å². The lowest BCUT2D eigenvalue weighted by atomic mass is 9.98. The summed E-state index contributed by atoms with van der Waals surface area (Å²) in [5.41, 5.74) is 0.991. The first kappa shape index (κ1) is 15.3. The van der Waals surface area contributed by atoms with Crippen molar-refractivity contribution < 1.29 is 14.3 Å². The molecule has 4 nitrogen and oxygen atoms in total. The first-order valence-electron chi connectivity index (χ1n) is 7.39. The van der Waals surface area contributed by atoms with Gasteiger partial charge in [0, 0.05) is 19.2 Å². The van der Waals surface area contributed by atoms with Crippen LogP contribution in [0.2, 0.25) is 0 Å². The molecule has 0 spiro atoms. The van der Waals surface area contributed by atoms with Crippen molar-refractivity contribution in [2.75, 3.05) is 19.7 Å². The van der Waals surface area contributed by atoms with Crippen molar-refractivity contribution in [3.8, 4) is 0 Å². The van der Waals surface area contributed by atoms with Crippen molar-refractivity contribution in [2.24, 2.45) is 5.92 Å². The lowest BCUT2D eigenvalue weighted by Gasteiger charge is -2.30. The maximum atomic E-state index is 12.2. The Balaban J connectivity index is 1.93. The summed E-state index contributed by atoms with van der Waals surface area (Å²) in [6, 6.07) is 9.69. The van der Waals surface area contributed by atoms with Crippen LogP contribution in [0.1, 0.15) is 25.3 Å². The number of ether oxygens (including phenoxy) is 1. The summed E-state index contributed by atoms with van der Waals surface area (Å²) in [5, 5.41) is 0. The molecule has 1 saturated heterocycles. The van der Waals surface area contributed by atoms with Crippen LogP contribution in [-0.4, -0.2) is 36.5 Å². The highest BCUT2D eigenvalue weighted by Gasteiger charge is 2.28. The summed E-state index contributed by atoms with van der Waals surface area (Å²) < 4.78 is 5.04. The molecular weight excluding hydrogens is 266 g/mol. The second-order valence-corrected chi connectivity index (χ2v) is 5.12. The highest BCUT2D eigenvalue weighted by Crippen LogP contribution is 2.18. The van der Waals surface area contributed by atoms with Gasteiger partial charge in [0.05, 0.1) is 12.5 Å². The molecule has 1 aromatic rings. The van der Waals surface area contributed by atoms with E-state index in [0.717, 1.165) is 18.4 Å². The highest BCUT2D eigenvalue weighted by molar-refractivity contribution is 5.92. The summed E-state index contributed by atoms with van der Waals surface area (Å²) in [5.74, 6) is -0.428. The summed E-state index contributed by atoms with van der Waals surface area (Å²) >= 11 is 0. The summed E-state index contributed by atoms with van der Waals surface area (Å²) in [6.07, 6.45) is 5.01. The van der Waals surface area contributed by atoms with Crippen molar-refractivity contribution >= 4 is 18.0 Å². The second-order valence-electron chi connectivity index (χ2n) is 5.12. The lowest BCUT2D eigenvalue weighted by Crippen LogP contribution is -2.42. The molecule has 1 fully saturated rings. The predicted molar refractivity (Wildman–Crippen MR) is 81.4 cm³/mol. The fourth-order valence-electron chi connectivity index (χ4n) is 2.47. The van der Waals surface area contributed by atoms with E-state index in [0.29, 0.717) is 19.7 Å². The molecule has 0 aliphatic carbocycles. The van der Waals surface area contributed by atoms with E-state index in [-0.39, 0.29) is 17.8 Å². The number of amides is 1. The Kier molecular flexibility index (Phi) is 5.55. The number of nitrogens with zero attached hydrogens (tertiary/aromatic N) is 1. The van der Waals surface area contributed by atoms with Gasteiger partial charge in [-0.05, 0) is 31.4 Å².